The van der Waals surface area contributed by atoms with Gasteiger partial charge < -0.3 is 0 Å². The van der Waals surface area contributed by atoms with Crippen molar-refractivity contribution in [3.63, 3.8) is 0 Å². The SMILES string of the molecule is Fc1c(F)c(F)c([B-](c2c(F)c(F)c(F)c(F)c2F)(c2c(F)c(F)c(F)c(F)c2F)c2c(F)c(F)c(F)c(F)c2F)c(F)c1F.O=C(C[n+]1ccccc1-c1ccc(C2CCCCC2)cc1)c1ccccc1. The lowest BCUT2D eigenvalue weighted by Crippen LogP contribution is -2.81. The summed E-state index contributed by atoms with van der Waals surface area (Å²) >= 11 is 0. The molecule has 0 aliphatic heterocycles. The first-order valence-corrected chi connectivity index (χ1v) is 20.9. The fourth-order valence-corrected chi connectivity index (χ4v) is 8.98. The number of rotatable bonds is 9. The maximum atomic E-state index is 15.4. The lowest BCUT2D eigenvalue weighted by Gasteiger charge is -2.44. The molecule has 1 aliphatic carbocycles. The summed E-state index contributed by atoms with van der Waals surface area (Å²) in [7, 11) is 0. The van der Waals surface area contributed by atoms with E-state index in [2.05, 4.69) is 30.3 Å². The highest BCUT2D eigenvalue weighted by Gasteiger charge is 2.52. The third kappa shape index (κ3) is 8.73. The lowest BCUT2D eigenvalue weighted by molar-refractivity contribution is -0.672. The molecule has 72 heavy (non-hydrogen) atoms. The van der Waals surface area contributed by atoms with E-state index < -0.39 is 144 Å². The fraction of sp³-hybridized carbons (Fsp3) is 0.143. The molecule has 6 aromatic carbocycles. The average Bonchev–Trinajstić information content (AvgIpc) is 3.39. The van der Waals surface area contributed by atoms with E-state index in [1.807, 2.05) is 53.2 Å². The molecule has 1 aliphatic rings. The Morgan fingerprint density at radius 2 is 0.708 bits per heavy atom. The second-order valence-corrected chi connectivity index (χ2v) is 16.3. The van der Waals surface area contributed by atoms with Gasteiger partial charge in [-0.2, -0.15) is 4.57 Å². The van der Waals surface area contributed by atoms with Crippen LogP contribution in [0.3, 0.4) is 0 Å². The summed E-state index contributed by atoms with van der Waals surface area (Å²) in [5.74, 6) is -70.6. The number of hydrogen-bond acceptors (Lipinski definition) is 1. The Hall–Kier alpha value is -7.20. The molecular weight excluding hydrogens is 1010 g/mol. The van der Waals surface area contributed by atoms with Crippen LogP contribution in [-0.2, 0) is 6.54 Å². The number of pyridine rings is 1. The first kappa shape index (κ1) is 52.6. The summed E-state index contributed by atoms with van der Waals surface area (Å²) in [6.45, 7) is 0.352. The molecule has 8 rings (SSSR count). The number of nitrogens with zero attached hydrogens (tertiary/aromatic N) is 1. The van der Waals surface area contributed by atoms with Crippen LogP contribution in [0.25, 0.3) is 11.3 Å². The van der Waals surface area contributed by atoms with Gasteiger partial charge in [0, 0.05) is 23.3 Å². The van der Waals surface area contributed by atoms with Crippen molar-refractivity contribution in [3.05, 3.63) is 206 Å². The van der Waals surface area contributed by atoms with Crippen molar-refractivity contribution in [2.24, 2.45) is 0 Å². The van der Waals surface area contributed by atoms with Crippen LogP contribution in [0.15, 0.2) is 79.0 Å². The summed E-state index contributed by atoms with van der Waals surface area (Å²) in [5, 5.41) is 0. The predicted octanol–water partition coefficient (Wildman–Crippen LogP) is 11.4. The van der Waals surface area contributed by atoms with E-state index in [0.29, 0.717) is 6.54 Å². The van der Waals surface area contributed by atoms with Crippen molar-refractivity contribution in [3.8, 4) is 11.3 Å². The summed E-state index contributed by atoms with van der Waals surface area (Å²) in [4.78, 5) is 12.6. The molecular formula is C49H26BF20NO. The Morgan fingerprint density at radius 3 is 1.06 bits per heavy atom. The van der Waals surface area contributed by atoms with Crippen LogP contribution >= 0.6 is 0 Å². The maximum absolute atomic E-state index is 15.4. The molecule has 2 nitrogen and oxygen atoms in total. The van der Waals surface area contributed by atoms with Crippen molar-refractivity contribution >= 4 is 33.8 Å². The lowest BCUT2D eigenvalue weighted by atomic mass is 9.12. The zero-order chi connectivity index (χ0) is 52.8. The zero-order valence-electron chi connectivity index (χ0n) is 35.8. The minimum atomic E-state index is -7.22. The first-order valence-electron chi connectivity index (χ1n) is 20.9. The Labute approximate surface area is 392 Å². The van der Waals surface area contributed by atoms with E-state index in [9.17, 15) is 57.5 Å². The van der Waals surface area contributed by atoms with Crippen LogP contribution in [0.1, 0.15) is 53.9 Å². The van der Waals surface area contributed by atoms with Gasteiger partial charge in [0.05, 0.1) is 0 Å². The van der Waals surface area contributed by atoms with Crippen LogP contribution in [0.5, 0.6) is 0 Å². The Morgan fingerprint density at radius 1 is 0.389 bits per heavy atom. The number of aromatic nitrogens is 1. The molecule has 0 spiro atoms. The Bertz CT molecular complexity index is 2890. The van der Waals surface area contributed by atoms with E-state index >= 15 is 35.1 Å². The van der Waals surface area contributed by atoms with Crippen LogP contribution in [0.2, 0.25) is 0 Å². The topological polar surface area (TPSA) is 20.9 Å². The molecule has 376 valence electrons. The Kier molecular flexibility index (Phi) is 15.0. The van der Waals surface area contributed by atoms with E-state index in [1.54, 1.807) is 0 Å². The maximum Gasteiger partial charge on any atom is 0.227 e. The molecule has 0 amide bonds. The van der Waals surface area contributed by atoms with Crippen molar-refractivity contribution in [2.75, 3.05) is 0 Å². The van der Waals surface area contributed by atoms with Gasteiger partial charge in [-0.15, -0.1) is 21.9 Å². The Balaban J connectivity index is 0.000000238. The smallest absolute Gasteiger partial charge is 0.227 e. The largest absolute Gasteiger partial charge is 0.287 e. The minimum Gasteiger partial charge on any atom is -0.287 e. The van der Waals surface area contributed by atoms with Crippen LogP contribution in [0.4, 0.5) is 87.8 Å². The van der Waals surface area contributed by atoms with E-state index in [0.717, 1.165) is 22.7 Å². The van der Waals surface area contributed by atoms with E-state index in [-0.39, 0.29) is 5.78 Å². The number of ketones is 1. The molecule has 0 saturated heterocycles. The van der Waals surface area contributed by atoms with Crippen molar-refractivity contribution < 1.29 is 97.2 Å². The number of hydrogen-bond donors (Lipinski definition) is 0. The number of halogens is 20. The van der Waals surface area contributed by atoms with Gasteiger partial charge in [0.1, 0.15) is 52.7 Å². The molecule has 23 heteroatoms. The normalized spacial score (nSPS) is 13.1. The molecule has 1 aromatic heterocycles. The highest BCUT2D eigenvalue weighted by molar-refractivity contribution is 7.20. The van der Waals surface area contributed by atoms with Gasteiger partial charge in [-0.3, -0.25) is 4.79 Å². The summed E-state index contributed by atoms with van der Waals surface area (Å²) < 4.78 is 296. The van der Waals surface area contributed by atoms with Gasteiger partial charge in [0.15, 0.2) is 76.0 Å². The molecule has 0 unspecified atom stereocenters. The molecule has 1 heterocycles. The van der Waals surface area contributed by atoms with Gasteiger partial charge in [-0.25, -0.2) is 87.8 Å². The van der Waals surface area contributed by atoms with Gasteiger partial charge >= 0.3 is 0 Å². The number of carbonyl (C=O) groups excluding carboxylic acids is 1. The third-order valence-electron chi connectivity index (χ3n) is 12.3. The number of carbonyl (C=O) groups is 1. The van der Waals surface area contributed by atoms with Crippen molar-refractivity contribution in [2.45, 2.75) is 44.6 Å². The van der Waals surface area contributed by atoms with Gasteiger partial charge in [0.25, 0.3) is 0 Å². The molecule has 1 saturated carbocycles. The molecule has 7 aromatic rings. The molecule has 0 atom stereocenters. The molecule has 1 fully saturated rings. The van der Waals surface area contributed by atoms with Crippen molar-refractivity contribution in [1.29, 1.82) is 0 Å². The minimum absolute atomic E-state index is 0.131. The van der Waals surface area contributed by atoms with E-state index in [4.69, 9.17) is 0 Å². The summed E-state index contributed by atoms with van der Waals surface area (Å²) in [5.41, 5.74) is -9.87. The fourth-order valence-electron chi connectivity index (χ4n) is 8.98. The van der Waals surface area contributed by atoms with Crippen LogP contribution < -0.4 is 26.4 Å². The summed E-state index contributed by atoms with van der Waals surface area (Å²) in [6, 6.07) is 24.6. The molecule has 0 bridgehead atoms. The number of Topliss-reactive ketones (excluding diaryl/α,β-unsaturated/α-hetero) is 1. The van der Waals surface area contributed by atoms with Crippen molar-refractivity contribution in [1.82, 2.24) is 0 Å². The zero-order valence-corrected chi connectivity index (χ0v) is 35.8. The molecule has 0 radical (unpaired) electrons. The van der Waals surface area contributed by atoms with Crippen LogP contribution in [-0.4, -0.2) is 11.9 Å². The van der Waals surface area contributed by atoms with Gasteiger partial charge in [0.2, 0.25) is 18.0 Å². The molecule has 0 N–H and O–H groups in total. The van der Waals surface area contributed by atoms with Crippen LogP contribution in [0, 0.1) is 116 Å². The standard InChI is InChI=1S/C25H26NO.C24BF20/c27-25(23-11-5-2-6-12-23)19-26-18-8-7-13-24(26)22-16-14-21(15-17-22)20-9-3-1-4-10-20;26-5-1(6(27)14(35)21(42)13(5)34)25(2-7(28)15(36)22(43)16(37)8(2)29,3-9(30)17(38)23(44)18(39)10(3)31)4-11(32)19(40)24(45)20(41)12(4)33/h2,5-8,11-18,20H,1,3-4,9-10,19H2;/q+1;-1. The average molecular weight is 1040 g/mol. The monoisotopic (exact) mass is 1040 g/mol. The highest BCUT2D eigenvalue weighted by Crippen LogP contribution is 2.34. The first-order chi connectivity index (χ1) is 34.0. The van der Waals surface area contributed by atoms with Gasteiger partial charge in [-0.1, -0.05) is 61.7 Å². The highest BCUT2D eigenvalue weighted by atomic mass is 19.2. The summed E-state index contributed by atoms with van der Waals surface area (Å²) in [6.07, 6.45) is 1.50. The second-order valence-electron chi connectivity index (χ2n) is 16.3. The third-order valence-corrected chi connectivity index (χ3v) is 12.3. The van der Waals surface area contributed by atoms with Gasteiger partial charge in [-0.05, 0) is 42.5 Å². The van der Waals surface area contributed by atoms with E-state index in [1.165, 1.54) is 37.7 Å². The quantitative estimate of drug-likeness (QED) is 0.0352. The number of benzene rings is 6. The second kappa shape index (κ2) is 20.5. The predicted molar refractivity (Wildman–Crippen MR) is 218 cm³/mol.